The maximum absolute atomic E-state index is 12.0. The van der Waals surface area contributed by atoms with Crippen molar-refractivity contribution in [2.45, 2.75) is 45.2 Å². The SMILES string of the molecule is CC1(CC(F)(F)F)CCCC1. The Morgan fingerprint density at radius 3 is 2.00 bits per heavy atom. The second-order valence-electron chi connectivity index (χ2n) is 3.81. The van der Waals surface area contributed by atoms with Crippen molar-refractivity contribution in [2.75, 3.05) is 0 Å². The molecule has 0 aromatic heterocycles. The number of rotatable bonds is 1. The molecule has 1 saturated carbocycles. The van der Waals surface area contributed by atoms with Crippen LogP contribution in [0.4, 0.5) is 13.2 Å². The van der Waals surface area contributed by atoms with Gasteiger partial charge in [-0.1, -0.05) is 19.8 Å². The minimum absolute atomic E-state index is 0.446. The van der Waals surface area contributed by atoms with E-state index in [1.807, 2.05) is 0 Å². The van der Waals surface area contributed by atoms with Crippen LogP contribution in [0.1, 0.15) is 39.0 Å². The van der Waals surface area contributed by atoms with Gasteiger partial charge in [0.2, 0.25) is 0 Å². The van der Waals surface area contributed by atoms with Crippen LogP contribution in [0.2, 0.25) is 0 Å². The van der Waals surface area contributed by atoms with Gasteiger partial charge < -0.3 is 0 Å². The van der Waals surface area contributed by atoms with Crippen molar-refractivity contribution in [1.82, 2.24) is 0 Å². The highest BCUT2D eigenvalue weighted by Gasteiger charge is 2.40. The first kappa shape index (κ1) is 8.88. The topological polar surface area (TPSA) is 0 Å². The summed E-state index contributed by atoms with van der Waals surface area (Å²) in [6, 6.07) is 0. The average Bonchev–Trinajstić information content (AvgIpc) is 2.09. The average molecular weight is 166 g/mol. The molecule has 0 N–H and O–H groups in total. The Hall–Kier alpha value is -0.210. The molecule has 1 rings (SSSR count). The van der Waals surface area contributed by atoms with Crippen molar-refractivity contribution < 1.29 is 13.2 Å². The van der Waals surface area contributed by atoms with Crippen molar-refractivity contribution in [3.63, 3.8) is 0 Å². The van der Waals surface area contributed by atoms with Gasteiger partial charge in [0, 0.05) is 6.42 Å². The molecule has 0 radical (unpaired) electrons. The van der Waals surface area contributed by atoms with E-state index in [0.717, 1.165) is 25.7 Å². The lowest BCUT2D eigenvalue weighted by molar-refractivity contribution is -0.155. The van der Waals surface area contributed by atoms with Crippen LogP contribution in [0.25, 0.3) is 0 Å². The van der Waals surface area contributed by atoms with E-state index in [0.29, 0.717) is 0 Å². The van der Waals surface area contributed by atoms with Crippen LogP contribution in [-0.2, 0) is 0 Å². The Morgan fingerprint density at radius 1 is 1.18 bits per heavy atom. The van der Waals surface area contributed by atoms with E-state index < -0.39 is 18.0 Å². The molecule has 0 aromatic carbocycles. The molecule has 1 aliphatic rings. The summed E-state index contributed by atoms with van der Waals surface area (Å²) >= 11 is 0. The predicted molar refractivity (Wildman–Crippen MR) is 37.2 cm³/mol. The fraction of sp³-hybridized carbons (Fsp3) is 1.00. The van der Waals surface area contributed by atoms with Gasteiger partial charge >= 0.3 is 6.18 Å². The number of hydrogen-bond acceptors (Lipinski definition) is 0. The second-order valence-corrected chi connectivity index (χ2v) is 3.81. The van der Waals surface area contributed by atoms with Gasteiger partial charge in [0.15, 0.2) is 0 Å². The Bertz CT molecular complexity index is 131. The molecule has 0 bridgehead atoms. The van der Waals surface area contributed by atoms with E-state index in [9.17, 15) is 13.2 Å². The lowest BCUT2D eigenvalue weighted by atomic mass is 9.85. The molecule has 0 spiro atoms. The van der Waals surface area contributed by atoms with Gasteiger partial charge in [-0.3, -0.25) is 0 Å². The summed E-state index contributed by atoms with van der Waals surface area (Å²) in [5.41, 5.74) is -0.446. The zero-order valence-corrected chi connectivity index (χ0v) is 6.67. The van der Waals surface area contributed by atoms with Crippen LogP contribution in [0, 0.1) is 5.41 Å². The lowest BCUT2D eigenvalue weighted by Crippen LogP contribution is -2.21. The molecule has 1 aliphatic carbocycles. The Kier molecular flexibility index (Phi) is 2.17. The summed E-state index contributed by atoms with van der Waals surface area (Å²) in [4.78, 5) is 0. The normalized spacial score (nSPS) is 24.0. The molecule has 0 heterocycles. The van der Waals surface area contributed by atoms with Crippen LogP contribution >= 0.6 is 0 Å². The Morgan fingerprint density at radius 2 is 1.64 bits per heavy atom. The first-order valence-corrected chi connectivity index (χ1v) is 3.98. The minimum atomic E-state index is -3.97. The van der Waals surface area contributed by atoms with Gasteiger partial charge in [-0.05, 0) is 18.3 Å². The smallest absolute Gasteiger partial charge is 0.171 e. The second kappa shape index (κ2) is 2.68. The van der Waals surface area contributed by atoms with Crippen molar-refractivity contribution in [3.05, 3.63) is 0 Å². The molecule has 66 valence electrons. The van der Waals surface area contributed by atoms with Crippen molar-refractivity contribution >= 4 is 0 Å². The number of hydrogen-bond donors (Lipinski definition) is 0. The molecule has 1 fully saturated rings. The standard InChI is InChI=1S/C8H13F3/c1-7(4-2-3-5-7)6-8(9,10)11/h2-6H2,1H3. The van der Waals surface area contributed by atoms with Gasteiger partial charge in [-0.2, -0.15) is 13.2 Å². The molecule has 0 saturated heterocycles. The maximum atomic E-state index is 12.0. The molecule has 0 amide bonds. The summed E-state index contributed by atoms with van der Waals surface area (Å²) in [6.45, 7) is 1.74. The zero-order chi connectivity index (χ0) is 8.54. The van der Waals surface area contributed by atoms with Gasteiger partial charge in [-0.25, -0.2) is 0 Å². The first-order chi connectivity index (χ1) is 4.91. The summed E-state index contributed by atoms with van der Waals surface area (Å²) in [6.07, 6.45) is -1.16. The summed E-state index contributed by atoms with van der Waals surface area (Å²) in [5, 5.41) is 0. The van der Waals surface area contributed by atoms with Crippen LogP contribution in [-0.4, -0.2) is 6.18 Å². The third-order valence-corrected chi connectivity index (χ3v) is 2.44. The number of alkyl halides is 3. The van der Waals surface area contributed by atoms with Crippen LogP contribution in [0.5, 0.6) is 0 Å². The Labute approximate surface area is 64.8 Å². The quantitative estimate of drug-likeness (QED) is 0.559. The lowest BCUT2D eigenvalue weighted by Gasteiger charge is -2.24. The van der Waals surface area contributed by atoms with E-state index in [-0.39, 0.29) is 0 Å². The molecule has 0 atom stereocenters. The zero-order valence-electron chi connectivity index (χ0n) is 6.67. The third-order valence-electron chi connectivity index (χ3n) is 2.44. The van der Waals surface area contributed by atoms with Gasteiger partial charge in [0.25, 0.3) is 0 Å². The van der Waals surface area contributed by atoms with E-state index in [1.54, 1.807) is 6.92 Å². The minimum Gasteiger partial charge on any atom is -0.171 e. The fourth-order valence-corrected chi connectivity index (χ4v) is 1.89. The van der Waals surface area contributed by atoms with Crippen molar-refractivity contribution in [3.8, 4) is 0 Å². The van der Waals surface area contributed by atoms with Gasteiger partial charge in [-0.15, -0.1) is 0 Å². The summed E-state index contributed by atoms with van der Waals surface area (Å²) < 4.78 is 35.9. The molecule has 11 heavy (non-hydrogen) atoms. The molecular formula is C8H13F3. The maximum Gasteiger partial charge on any atom is 0.389 e. The van der Waals surface area contributed by atoms with Gasteiger partial charge in [0.05, 0.1) is 0 Å². The van der Waals surface area contributed by atoms with Crippen LogP contribution in [0.3, 0.4) is 0 Å². The van der Waals surface area contributed by atoms with Crippen molar-refractivity contribution in [1.29, 1.82) is 0 Å². The molecule has 0 aromatic rings. The molecular weight excluding hydrogens is 153 g/mol. The predicted octanol–water partition coefficient (Wildman–Crippen LogP) is 3.52. The summed E-state index contributed by atoms with van der Waals surface area (Å²) in [5.74, 6) is 0. The van der Waals surface area contributed by atoms with Gasteiger partial charge in [0.1, 0.15) is 0 Å². The molecule has 3 heteroatoms. The highest BCUT2D eigenvalue weighted by molar-refractivity contribution is 4.82. The molecule has 0 nitrogen and oxygen atoms in total. The van der Waals surface area contributed by atoms with Crippen LogP contribution < -0.4 is 0 Å². The first-order valence-electron chi connectivity index (χ1n) is 3.98. The number of halogens is 3. The molecule has 0 unspecified atom stereocenters. The fourth-order valence-electron chi connectivity index (χ4n) is 1.89. The van der Waals surface area contributed by atoms with E-state index in [1.165, 1.54) is 0 Å². The van der Waals surface area contributed by atoms with E-state index in [2.05, 4.69) is 0 Å². The third kappa shape index (κ3) is 2.72. The highest BCUT2D eigenvalue weighted by Crippen LogP contribution is 2.45. The highest BCUT2D eigenvalue weighted by atomic mass is 19.4. The largest absolute Gasteiger partial charge is 0.389 e. The molecule has 0 aliphatic heterocycles. The Balaban J connectivity index is 2.46. The van der Waals surface area contributed by atoms with E-state index >= 15 is 0 Å². The summed E-state index contributed by atoms with van der Waals surface area (Å²) in [7, 11) is 0. The van der Waals surface area contributed by atoms with Crippen LogP contribution in [0.15, 0.2) is 0 Å². The monoisotopic (exact) mass is 166 g/mol. The van der Waals surface area contributed by atoms with Crippen molar-refractivity contribution in [2.24, 2.45) is 5.41 Å². The van der Waals surface area contributed by atoms with E-state index in [4.69, 9.17) is 0 Å².